The molecule has 0 N–H and O–H groups in total. The van der Waals surface area contributed by atoms with Gasteiger partial charge in [0.2, 0.25) is 0 Å². The fourth-order valence-electron chi connectivity index (χ4n) is 4.20. The van der Waals surface area contributed by atoms with E-state index in [1.54, 1.807) is 6.20 Å². The monoisotopic (exact) mass is 310 g/mol. The molecule has 5 nitrogen and oxygen atoms in total. The Morgan fingerprint density at radius 3 is 2.65 bits per heavy atom. The van der Waals surface area contributed by atoms with Crippen LogP contribution in [0.15, 0.2) is 18.5 Å². The number of aromatic nitrogens is 1. The van der Waals surface area contributed by atoms with E-state index in [1.807, 2.05) is 19.2 Å². The lowest BCUT2D eigenvalue weighted by molar-refractivity contribution is 0.107. The van der Waals surface area contributed by atoms with Crippen LogP contribution in [0, 0.1) is 22.7 Å². The van der Waals surface area contributed by atoms with E-state index in [2.05, 4.69) is 22.0 Å². The Labute approximate surface area is 137 Å². The van der Waals surface area contributed by atoms with Crippen molar-refractivity contribution >= 4 is 0 Å². The number of nitrogens with zero attached hydrogens (tertiary/aromatic N) is 4. The van der Waals surface area contributed by atoms with Gasteiger partial charge in [0.15, 0.2) is 0 Å². The number of hydrogen-bond donors (Lipinski definition) is 0. The summed E-state index contributed by atoms with van der Waals surface area (Å²) in [6, 6.07) is 7.61. The van der Waals surface area contributed by atoms with E-state index >= 15 is 0 Å². The first kappa shape index (κ1) is 15.8. The van der Waals surface area contributed by atoms with Crippen molar-refractivity contribution in [2.24, 2.45) is 0 Å². The van der Waals surface area contributed by atoms with Crippen LogP contribution in [0.2, 0.25) is 0 Å². The maximum Gasteiger partial charge on any atom is 0.137 e. The van der Waals surface area contributed by atoms with Gasteiger partial charge in [-0.25, -0.2) is 0 Å². The smallest absolute Gasteiger partial charge is 0.137 e. The van der Waals surface area contributed by atoms with Crippen LogP contribution in [0.1, 0.15) is 44.6 Å². The lowest BCUT2D eigenvalue weighted by Crippen LogP contribution is -2.49. The number of hydrogen-bond acceptors (Lipinski definition) is 5. The molecule has 3 heterocycles. The van der Waals surface area contributed by atoms with Crippen molar-refractivity contribution in [3.63, 3.8) is 0 Å². The second-order valence-corrected chi connectivity index (χ2v) is 6.48. The molecule has 0 aromatic carbocycles. The van der Waals surface area contributed by atoms with Crippen LogP contribution in [-0.4, -0.2) is 35.1 Å². The van der Waals surface area contributed by atoms with Gasteiger partial charge in [-0.15, -0.1) is 0 Å². The molecular formula is C18H22N4O. The lowest BCUT2D eigenvalue weighted by atomic mass is 9.71. The van der Waals surface area contributed by atoms with Gasteiger partial charge in [0.25, 0.3) is 0 Å². The Balaban J connectivity index is 1.85. The van der Waals surface area contributed by atoms with Gasteiger partial charge in [-0.3, -0.25) is 9.88 Å². The number of rotatable bonds is 5. The Morgan fingerprint density at radius 1 is 1.30 bits per heavy atom. The summed E-state index contributed by atoms with van der Waals surface area (Å²) in [5, 5.41) is 18.8. The number of pyridine rings is 1. The molecule has 0 amide bonds. The van der Waals surface area contributed by atoms with Crippen molar-refractivity contribution in [3.8, 4) is 17.9 Å². The van der Waals surface area contributed by atoms with Gasteiger partial charge in [-0.05, 0) is 44.2 Å². The summed E-state index contributed by atoms with van der Waals surface area (Å²) in [7, 11) is 0. The summed E-state index contributed by atoms with van der Waals surface area (Å²) in [6.45, 7) is 3.36. The third-order valence-corrected chi connectivity index (χ3v) is 5.21. The highest BCUT2D eigenvalue weighted by Gasteiger charge is 2.49. The summed E-state index contributed by atoms with van der Waals surface area (Å²) in [5.41, 5.74) is 0.498. The van der Waals surface area contributed by atoms with E-state index in [9.17, 15) is 5.26 Å². The summed E-state index contributed by atoms with van der Waals surface area (Å²) >= 11 is 0. The molecule has 2 fully saturated rings. The Kier molecular flexibility index (Phi) is 4.50. The maximum atomic E-state index is 9.95. The zero-order valence-corrected chi connectivity index (χ0v) is 13.5. The SMILES string of the molecule is CCOc1cncc(C2(C#N)CC3CCC(C2)N3CCC#N)c1. The van der Waals surface area contributed by atoms with Crippen molar-refractivity contribution in [2.45, 2.75) is 56.5 Å². The van der Waals surface area contributed by atoms with Gasteiger partial charge in [0, 0.05) is 31.2 Å². The second-order valence-electron chi connectivity index (χ2n) is 6.48. The molecule has 1 aromatic rings. The zero-order valence-electron chi connectivity index (χ0n) is 13.5. The first-order chi connectivity index (χ1) is 11.2. The average Bonchev–Trinajstić information content (AvgIpc) is 2.82. The molecular weight excluding hydrogens is 288 g/mol. The van der Waals surface area contributed by atoms with E-state index in [0.717, 1.165) is 43.5 Å². The van der Waals surface area contributed by atoms with Crippen LogP contribution >= 0.6 is 0 Å². The van der Waals surface area contributed by atoms with E-state index < -0.39 is 5.41 Å². The van der Waals surface area contributed by atoms with Crippen LogP contribution in [0.25, 0.3) is 0 Å². The average molecular weight is 310 g/mol. The number of piperidine rings is 1. The molecule has 0 spiro atoms. The van der Waals surface area contributed by atoms with Gasteiger partial charge in [-0.1, -0.05) is 0 Å². The van der Waals surface area contributed by atoms with E-state index in [0.29, 0.717) is 25.1 Å². The molecule has 0 aliphatic carbocycles. The molecule has 1 aromatic heterocycles. The molecule has 2 aliphatic heterocycles. The second kappa shape index (κ2) is 6.56. The van der Waals surface area contributed by atoms with Crippen molar-refractivity contribution in [1.29, 1.82) is 10.5 Å². The van der Waals surface area contributed by atoms with Gasteiger partial charge >= 0.3 is 0 Å². The number of fused-ring (bicyclic) bond motifs is 2. The van der Waals surface area contributed by atoms with Crippen molar-refractivity contribution < 1.29 is 4.74 Å². The Morgan fingerprint density at radius 2 is 2.04 bits per heavy atom. The molecule has 120 valence electrons. The number of nitriles is 2. The summed E-state index contributed by atoms with van der Waals surface area (Å²) in [6.07, 6.45) is 7.97. The van der Waals surface area contributed by atoms with Crippen LogP contribution in [0.3, 0.4) is 0 Å². The summed E-state index contributed by atoms with van der Waals surface area (Å²) < 4.78 is 5.55. The summed E-state index contributed by atoms with van der Waals surface area (Å²) in [4.78, 5) is 6.72. The molecule has 2 unspecified atom stereocenters. The van der Waals surface area contributed by atoms with Gasteiger partial charge in [0.1, 0.15) is 5.75 Å². The lowest BCUT2D eigenvalue weighted by Gasteiger charge is -2.43. The molecule has 2 atom stereocenters. The minimum Gasteiger partial charge on any atom is -0.492 e. The van der Waals surface area contributed by atoms with Crippen molar-refractivity contribution in [3.05, 3.63) is 24.0 Å². The van der Waals surface area contributed by atoms with Crippen molar-refractivity contribution in [1.82, 2.24) is 9.88 Å². The Bertz CT molecular complexity index is 631. The largest absolute Gasteiger partial charge is 0.492 e. The zero-order chi connectivity index (χ0) is 16.3. The number of ether oxygens (including phenoxy) is 1. The molecule has 0 saturated carbocycles. The third-order valence-electron chi connectivity index (χ3n) is 5.21. The van der Waals surface area contributed by atoms with Crippen LogP contribution in [0.5, 0.6) is 5.75 Å². The fourth-order valence-corrected chi connectivity index (χ4v) is 4.20. The first-order valence-electron chi connectivity index (χ1n) is 8.34. The highest BCUT2D eigenvalue weighted by Crippen LogP contribution is 2.47. The minimum atomic E-state index is -0.477. The third kappa shape index (κ3) is 2.90. The van der Waals surface area contributed by atoms with E-state index in [4.69, 9.17) is 10.00 Å². The molecule has 2 saturated heterocycles. The highest BCUT2D eigenvalue weighted by atomic mass is 16.5. The minimum absolute atomic E-state index is 0.400. The predicted molar refractivity (Wildman–Crippen MR) is 85.7 cm³/mol. The highest BCUT2D eigenvalue weighted by molar-refractivity contribution is 5.37. The quantitative estimate of drug-likeness (QED) is 0.836. The van der Waals surface area contributed by atoms with Gasteiger partial charge in [0.05, 0.1) is 30.4 Å². The topological polar surface area (TPSA) is 72.9 Å². The molecule has 2 aliphatic rings. The summed E-state index contributed by atoms with van der Waals surface area (Å²) in [5.74, 6) is 0.735. The predicted octanol–water partition coefficient (Wildman–Crippen LogP) is 2.78. The van der Waals surface area contributed by atoms with Crippen molar-refractivity contribution in [2.75, 3.05) is 13.2 Å². The molecule has 5 heteroatoms. The molecule has 3 rings (SSSR count). The Hall–Kier alpha value is -2.11. The molecule has 0 radical (unpaired) electrons. The van der Waals surface area contributed by atoms with Gasteiger partial charge in [-0.2, -0.15) is 10.5 Å². The van der Waals surface area contributed by atoms with Gasteiger partial charge < -0.3 is 4.74 Å². The van der Waals surface area contributed by atoms with E-state index in [1.165, 1.54) is 0 Å². The van der Waals surface area contributed by atoms with Crippen LogP contribution < -0.4 is 4.74 Å². The van der Waals surface area contributed by atoms with Crippen LogP contribution in [0.4, 0.5) is 0 Å². The van der Waals surface area contributed by atoms with E-state index in [-0.39, 0.29) is 0 Å². The molecule has 23 heavy (non-hydrogen) atoms. The first-order valence-corrected chi connectivity index (χ1v) is 8.34. The maximum absolute atomic E-state index is 9.95. The standard InChI is InChI=1S/C18H22N4O/c1-2-23-17-8-14(11-21-12-17)18(13-20)9-15-4-5-16(10-18)22(15)7-3-6-19/h8,11-12,15-16H,2-5,7,9-10H2,1H3. The molecule has 2 bridgehead atoms. The fraction of sp³-hybridized carbons (Fsp3) is 0.611. The van der Waals surface area contributed by atoms with Crippen LogP contribution in [-0.2, 0) is 5.41 Å². The normalized spacial score (nSPS) is 29.7.